The Labute approximate surface area is 125 Å². The van der Waals surface area contributed by atoms with Crippen molar-refractivity contribution < 1.29 is 9.22 Å². The molecular formula is C17H30O2Si. The fourth-order valence-corrected chi connectivity index (χ4v) is 4.09. The lowest BCUT2D eigenvalue weighted by molar-refractivity contribution is -0.139. The van der Waals surface area contributed by atoms with E-state index in [9.17, 15) is 4.79 Å². The molecule has 114 valence electrons. The van der Waals surface area contributed by atoms with Gasteiger partial charge >= 0.3 is 0 Å². The van der Waals surface area contributed by atoms with Crippen LogP contribution in [0.3, 0.4) is 0 Å². The SMILES string of the molecule is C=CC[C@H]1CCC[C@@](C=C)(O[Si](C)(C)C(C)(C)C)C1=O. The molecule has 0 aromatic heterocycles. The molecule has 0 aromatic carbocycles. The second-order valence-corrected chi connectivity index (χ2v) is 12.2. The first-order chi connectivity index (χ1) is 9.09. The van der Waals surface area contributed by atoms with E-state index in [2.05, 4.69) is 47.0 Å². The number of hydrogen-bond acceptors (Lipinski definition) is 2. The normalized spacial score (nSPS) is 28.2. The van der Waals surface area contributed by atoms with E-state index in [0.29, 0.717) is 0 Å². The Morgan fingerprint density at radius 1 is 1.40 bits per heavy atom. The number of ketones is 1. The summed E-state index contributed by atoms with van der Waals surface area (Å²) in [6.45, 7) is 18.7. The molecule has 0 unspecified atom stereocenters. The quantitative estimate of drug-likeness (QED) is 0.533. The highest BCUT2D eigenvalue weighted by Gasteiger charge is 2.49. The standard InChI is InChI=1S/C17H30O2Si/c1-8-11-14-12-10-13-17(9-2,15(14)18)19-20(6,7)16(3,4)5/h8-9,14H,1-2,10-13H2,3-7H3/t14-,17+/m0/s1. The second-order valence-electron chi connectivity index (χ2n) is 7.43. The molecule has 1 fully saturated rings. The zero-order valence-corrected chi connectivity index (χ0v) is 14.8. The first kappa shape index (κ1) is 17.4. The lowest BCUT2D eigenvalue weighted by atomic mass is 9.75. The maximum absolute atomic E-state index is 12.9. The molecule has 3 heteroatoms. The maximum atomic E-state index is 12.9. The average molecular weight is 295 g/mol. The van der Waals surface area contributed by atoms with E-state index < -0.39 is 13.9 Å². The Morgan fingerprint density at radius 3 is 2.45 bits per heavy atom. The summed E-state index contributed by atoms with van der Waals surface area (Å²) in [7, 11) is -2.00. The Hall–Kier alpha value is -0.673. The monoisotopic (exact) mass is 294 g/mol. The van der Waals surface area contributed by atoms with Gasteiger partial charge in [0.05, 0.1) is 0 Å². The van der Waals surface area contributed by atoms with Crippen LogP contribution in [0, 0.1) is 5.92 Å². The summed E-state index contributed by atoms with van der Waals surface area (Å²) in [5.41, 5.74) is -0.769. The van der Waals surface area contributed by atoms with Crippen LogP contribution in [0.5, 0.6) is 0 Å². The number of allylic oxidation sites excluding steroid dienone is 1. The van der Waals surface area contributed by atoms with Gasteiger partial charge in [-0.3, -0.25) is 4.79 Å². The predicted octanol–water partition coefficient (Wildman–Crippen LogP) is 4.88. The fourth-order valence-electron chi connectivity index (χ4n) is 2.59. The van der Waals surface area contributed by atoms with Gasteiger partial charge in [0.25, 0.3) is 0 Å². The summed E-state index contributed by atoms with van der Waals surface area (Å²) < 4.78 is 6.51. The van der Waals surface area contributed by atoms with Crippen molar-refractivity contribution in [1.82, 2.24) is 0 Å². The number of carbonyl (C=O) groups excluding carboxylic acids is 1. The molecule has 0 spiro atoms. The molecule has 1 aliphatic carbocycles. The van der Waals surface area contributed by atoms with E-state index >= 15 is 0 Å². The fraction of sp³-hybridized carbons (Fsp3) is 0.706. The highest BCUT2D eigenvalue weighted by Crippen LogP contribution is 2.43. The predicted molar refractivity (Wildman–Crippen MR) is 88.4 cm³/mol. The van der Waals surface area contributed by atoms with Crippen LogP contribution in [0.2, 0.25) is 18.1 Å². The van der Waals surface area contributed by atoms with Crippen molar-refractivity contribution in [3.05, 3.63) is 25.3 Å². The molecule has 0 aliphatic heterocycles. The third-order valence-electron chi connectivity index (χ3n) is 4.91. The van der Waals surface area contributed by atoms with Crippen molar-refractivity contribution in [3.8, 4) is 0 Å². The molecule has 0 radical (unpaired) electrons. The highest BCUT2D eigenvalue weighted by atomic mass is 28.4. The van der Waals surface area contributed by atoms with Gasteiger partial charge in [0, 0.05) is 5.92 Å². The van der Waals surface area contributed by atoms with Crippen LogP contribution in [0.4, 0.5) is 0 Å². The van der Waals surface area contributed by atoms with Crippen molar-refractivity contribution in [3.63, 3.8) is 0 Å². The second kappa shape index (κ2) is 5.98. The topological polar surface area (TPSA) is 26.3 Å². The van der Waals surface area contributed by atoms with E-state index in [-0.39, 0.29) is 16.7 Å². The smallest absolute Gasteiger partial charge is 0.193 e. The van der Waals surface area contributed by atoms with Crippen LogP contribution < -0.4 is 0 Å². The first-order valence-electron chi connectivity index (χ1n) is 7.58. The van der Waals surface area contributed by atoms with Crippen LogP contribution in [0.25, 0.3) is 0 Å². The molecule has 2 atom stereocenters. The summed E-state index contributed by atoms with van der Waals surface area (Å²) in [4.78, 5) is 12.9. The van der Waals surface area contributed by atoms with Gasteiger partial charge in [-0.05, 0) is 43.8 Å². The van der Waals surface area contributed by atoms with Gasteiger partial charge in [0.15, 0.2) is 14.1 Å². The largest absolute Gasteiger partial charge is 0.401 e. The molecule has 0 aromatic rings. The first-order valence-corrected chi connectivity index (χ1v) is 10.5. The third kappa shape index (κ3) is 3.32. The van der Waals surface area contributed by atoms with Gasteiger partial charge in [-0.1, -0.05) is 39.5 Å². The highest BCUT2D eigenvalue weighted by molar-refractivity contribution is 6.74. The van der Waals surface area contributed by atoms with E-state index in [1.165, 1.54) is 0 Å². The Morgan fingerprint density at radius 2 is 2.00 bits per heavy atom. The molecule has 20 heavy (non-hydrogen) atoms. The molecule has 1 rings (SSSR count). The molecule has 0 N–H and O–H groups in total. The minimum Gasteiger partial charge on any atom is -0.401 e. The lowest BCUT2D eigenvalue weighted by Crippen LogP contribution is -2.55. The zero-order valence-electron chi connectivity index (χ0n) is 13.8. The van der Waals surface area contributed by atoms with E-state index in [0.717, 1.165) is 25.7 Å². The van der Waals surface area contributed by atoms with Gasteiger partial charge in [-0.25, -0.2) is 0 Å². The van der Waals surface area contributed by atoms with Crippen LogP contribution >= 0.6 is 0 Å². The Bertz CT molecular complexity index is 392. The van der Waals surface area contributed by atoms with Crippen LogP contribution in [-0.4, -0.2) is 19.7 Å². The summed E-state index contributed by atoms with van der Waals surface area (Å²) >= 11 is 0. The summed E-state index contributed by atoms with van der Waals surface area (Å²) in [5, 5.41) is 0.0919. The average Bonchev–Trinajstić information content (AvgIpc) is 2.33. The third-order valence-corrected chi connectivity index (χ3v) is 9.40. The van der Waals surface area contributed by atoms with Gasteiger partial charge < -0.3 is 4.43 Å². The van der Waals surface area contributed by atoms with Gasteiger partial charge in [-0.2, -0.15) is 0 Å². The summed E-state index contributed by atoms with van der Waals surface area (Å²) in [5.74, 6) is 0.257. The lowest BCUT2D eigenvalue weighted by Gasteiger charge is -2.46. The van der Waals surface area contributed by atoms with E-state index in [1.807, 2.05) is 6.08 Å². The van der Waals surface area contributed by atoms with E-state index in [4.69, 9.17) is 4.43 Å². The number of hydrogen-bond donors (Lipinski definition) is 0. The van der Waals surface area contributed by atoms with Gasteiger partial charge in [0.2, 0.25) is 0 Å². The molecular weight excluding hydrogens is 264 g/mol. The molecule has 0 amide bonds. The summed E-state index contributed by atoms with van der Waals surface area (Å²) in [6.07, 6.45) is 7.08. The number of carbonyl (C=O) groups is 1. The Kier molecular flexibility index (Phi) is 5.20. The van der Waals surface area contributed by atoms with Crippen molar-refractivity contribution in [2.75, 3.05) is 0 Å². The van der Waals surface area contributed by atoms with Crippen molar-refractivity contribution >= 4 is 14.1 Å². The molecule has 0 heterocycles. The van der Waals surface area contributed by atoms with Crippen LogP contribution in [0.15, 0.2) is 25.3 Å². The number of rotatable bonds is 5. The summed E-state index contributed by atoms with van der Waals surface area (Å²) in [6, 6.07) is 0. The van der Waals surface area contributed by atoms with Gasteiger partial charge in [-0.15, -0.1) is 6.58 Å². The molecule has 2 nitrogen and oxygen atoms in total. The van der Waals surface area contributed by atoms with E-state index in [1.54, 1.807) is 6.08 Å². The van der Waals surface area contributed by atoms with Crippen LogP contribution in [0.1, 0.15) is 46.5 Å². The van der Waals surface area contributed by atoms with Crippen molar-refractivity contribution in [2.24, 2.45) is 5.92 Å². The zero-order chi connectivity index (χ0) is 15.6. The maximum Gasteiger partial charge on any atom is 0.193 e. The minimum absolute atomic E-state index is 0.0454. The van der Waals surface area contributed by atoms with Crippen LogP contribution in [-0.2, 0) is 9.22 Å². The van der Waals surface area contributed by atoms with Gasteiger partial charge in [0.1, 0.15) is 5.60 Å². The molecule has 0 bridgehead atoms. The molecule has 1 aliphatic rings. The Balaban J connectivity index is 3.05. The minimum atomic E-state index is -2.00. The molecule has 0 saturated heterocycles. The number of Topliss-reactive ketones (excluding diaryl/α,β-unsaturated/α-hetero) is 1. The molecule has 1 saturated carbocycles. The van der Waals surface area contributed by atoms with Crippen molar-refractivity contribution in [2.45, 2.75) is 70.2 Å². The van der Waals surface area contributed by atoms with Crippen molar-refractivity contribution in [1.29, 1.82) is 0 Å².